The quantitative estimate of drug-likeness (QED) is 0.528. The zero-order valence-corrected chi connectivity index (χ0v) is 10.0. The van der Waals surface area contributed by atoms with Gasteiger partial charge >= 0.3 is 0 Å². The Morgan fingerprint density at radius 2 is 1.88 bits per heavy atom. The molecule has 0 atom stereocenters. The Morgan fingerprint density at radius 3 is 2.31 bits per heavy atom. The summed E-state index contributed by atoms with van der Waals surface area (Å²) in [5.74, 6) is -0.671. The molecule has 0 N–H and O–H groups in total. The lowest BCUT2D eigenvalue weighted by molar-refractivity contribution is -0.146. The Bertz CT molecular complexity index is 311. The molecule has 1 saturated heterocycles. The summed E-state index contributed by atoms with van der Waals surface area (Å²) in [4.78, 5) is 22.0. The predicted octanol–water partition coefficient (Wildman–Crippen LogP) is 1.63. The zero-order valence-electron chi connectivity index (χ0n) is 10.0. The molecule has 90 valence electrons. The van der Waals surface area contributed by atoms with Crippen molar-refractivity contribution in [3.63, 3.8) is 0 Å². The molecular weight excluding hydrogens is 208 g/mol. The fourth-order valence-corrected chi connectivity index (χ4v) is 1.78. The first kappa shape index (κ1) is 13.1. The van der Waals surface area contributed by atoms with Crippen molar-refractivity contribution in [3.8, 4) is 0 Å². The van der Waals surface area contributed by atoms with Crippen LogP contribution in [0, 0.1) is 0 Å². The van der Waals surface area contributed by atoms with Gasteiger partial charge in [0.25, 0.3) is 0 Å². The number of allylic oxidation sites excluding steroid dienone is 2. The molecule has 1 rings (SSSR count). The third-order valence-electron chi connectivity index (χ3n) is 2.80. The molecule has 1 aliphatic rings. The number of ether oxygens (including phenoxy) is 2. The van der Waals surface area contributed by atoms with Gasteiger partial charge < -0.3 is 9.47 Å². The summed E-state index contributed by atoms with van der Waals surface area (Å²) in [7, 11) is 0. The second-order valence-corrected chi connectivity index (χ2v) is 4.17. The Hall–Kier alpha value is -1.00. The lowest BCUT2D eigenvalue weighted by Crippen LogP contribution is -2.25. The van der Waals surface area contributed by atoms with Crippen molar-refractivity contribution in [3.05, 3.63) is 11.1 Å². The smallest absolute Gasteiger partial charge is 0.166 e. The van der Waals surface area contributed by atoms with Gasteiger partial charge in [0.1, 0.15) is 6.29 Å². The minimum atomic E-state index is -0.607. The van der Waals surface area contributed by atoms with E-state index >= 15 is 0 Å². The maximum Gasteiger partial charge on any atom is 0.166 e. The molecule has 1 aliphatic heterocycles. The summed E-state index contributed by atoms with van der Waals surface area (Å²) in [6, 6.07) is 0. The van der Waals surface area contributed by atoms with Gasteiger partial charge in [-0.05, 0) is 32.8 Å². The molecular formula is C12H18O4. The summed E-state index contributed by atoms with van der Waals surface area (Å²) in [6.45, 7) is 6.15. The number of hydrogen-bond acceptors (Lipinski definition) is 4. The van der Waals surface area contributed by atoms with Gasteiger partial charge in [0, 0.05) is 12.0 Å². The third kappa shape index (κ3) is 3.25. The molecule has 0 radical (unpaired) electrons. The van der Waals surface area contributed by atoms with Gasteiger partial charge in [0.2, 0.25) is 0 Å². The van der Waals surface area contributed by atoms with E-state index in [9.17, 15) is 9.59 Å². The second kappa shape index (κ2) is 5.37. The monoisotopic (exact) mass is 226 g/mol. The Labute approximate surface area is 95.6 Å². The van der Waals surface area contributed by atoms with E-state index in [1.54, 1.807) is 6.92 Å². The molecule has 0 bridgehead atoms. The van der Waals surface area contributed by atoms with E-state index in [4.69, 9.17) is 9.47 Å². The van der Waals surface area contributed by atoms with Crippen LogP contribution in [-0.2, 0) is 19.1 Å². The lowest BCUT2D eigenvalue weighted by Gasteiger charge is -2.22. The molecule has 0 aromatic heterocycles. The number of carbonyl (C=O) groups is 2. The maximum atomic E-state index is 11.4. The standard InChI is InChI=1S/C12H18O4/c1-9(8-13)11(10(2)14)4-5-12(3)15-6-7-16-12/h8H,4-7H2,1-3H3/b11-9-. The van der Waals surface area contributed by atoms with E-state index in [-0.39, 0.29) is 5.78 Å². The number of ketones is 1. The van der Waals surface area contributed by atoms with Crippen molar-refractivity contribution >= 4 is 12.1 Å². The molecule has 0 amide bonds. The number of aldehydes is 1. The van der Waals surface area contributed by atoms with E-state index in [0.717, 1.165) is 6.29 Å². The van der Waals surface area contributed by atoms with Crippen molar-refractivity contribution < 1.29 is 19.1 Å². The molecule has 0 aromatic carbocycles. The number of Topliss-reactive ketones (excluding diaryl/α,β-unsaturated/α-hetero) is 1. The minimum Gasteiger partial charge on any atom is -0.348 e. The first-order valence-electron chi connectivity index (χ1n) is 5.42. The largest absolute Gasteiger partial charge is 0.348 e. The normalized spacial score (nSPS) is 20.4. The number of rotatable bonds is 5. The van der Waals surface area contributed by atoms with Crippen LogP contribution in [0.15, 0.2) is 11.1 Å². The highest BCUT2D eigenvalue weighted by Crippen LogP contribution is 2.26. The van der Waals surface area contributed by atoms with Gasteiger partial charge in [0.15, 0.2) is 11.6 Å². The predicted molar refractivity (Wildman–Crippen MR) is 59.0 cm³/mol. The molecule has 1 fully saturated rings. The SMILES string of the molecule is CC(=O)/C(CCC1(C)OCCO1)=C(/C)C=O. The maximum absolute atomic E-state index is 11.4. The van der Waals surface area contributed by atoms with Gasteiger partial charge in [-0.1, -0.05) is 0 Å². The van der Waals surface area contributed by atoms with Crippen LogP contribution in [0.1, 0.15) is 33.6 Å². The molecule has 0 unspecified atom stereocenters. The van der Waals surface area contributed by atoms with Crippen LogP contribution in [0.25, 0.3) is 0 Å². The first-order chi connectivity index (χ1) is 7.48. The molecule has 4 nitrogen and oxygen atoms in total. The van der Waals surface area contributed by atoms with Gasteiger partial charge in [-0.2, -0.15) is 0 Å². The van der Waals surface area contributed by atoms with Gasteiger partial charge in [0.05, 0.1) is 13.2 Å². The van der Waals surface area contributed by atoms with Crippen LogP contribution in [-0.4, -0.2) is 31.1 Å². The summed E-state index contributed by atoms with van der Waals surface area (Å²) in [6.07, 6.45) is 1.82. The van der Waals surface area contributed by atoms with E-state index in [2.05, 4.69) is 0 Å². The Kier molecular flexibility index (Phi) is 4.38. The summed E-state index contributed by atoms with van der Waals surface area (Å²) in [5, 5.41) is 0. The van der Waals surface area contributed by atoms with E-state index in [1.807, 2.05) is 6.92 Å². The lowest BCUT2D eigenvalue weighted by atomic mass is 9.99. The summed E-state index contributed by atoms with van der Waals surface area (Å²) in [5.41, 5.74) is 1.06. The van der Waals surface area contributed by atoms with Crippen LogP contribution < -0.4 is 0 Å². The fourth-order valence-electron chi connectivity index (χ4n) is 1.78. The van der Waals surface area contributed by atoms with E-state index in [1.165, 1.54) is 6.92 Å². The van der Waals surface area contributed by atoms with Crippen molar-refractivity contribution in [1.29, 1.82) is 0 Å². The third-order valence-corrected chi connectivity index (χ3v) is 2.80. The minimum absolute atomic E-state index is 0.0637. The number of hydrogen-bond donors (Lipinski definition) is 0. The van der Waals surface area contributed by atoms with Gasteiger partial charge in [-0.25, -0.2) is 0 Å². The van der Waals surface area contributed by atoms with Crippen LogP contribution >= 0.6 is 0 Å². The zero-order chi connectivity index (χ0) is 12.2. The highest BCUT2D eigenvalue weighted by Gasteiger charge is 2.31. The van der Waals surface area contributed by atoms with Gasteiger partial charge in [-0.3, -0.25) is 9.59 Å². The Balaban J connectivity index is 2.64. The molecule has 1 heterocycles. The average molecular weight is 226 g/mol. The average Bonchev–Trinajstić information content (AvgIpc) is 2.65. The van der Waals surface area contributed by atoms with Crippen molar-refractivity contribution in [2.45, 2.75) is 39.4 Å². The van der Waals surface area contributed by atoms with Crippen LogP contribution in [0.4, 0.5) is 0 Å². The second-order valence-electron chi connectivity index (χ2n) is 4.17. The first-order valence-corrected chi connectivity index (χ1v) is 5.42. The van der Waals surface area contributed by atoms with Crippen molar-refractivity contribution in [2.75, 3.05) is 13.2 Å². The van der Waals surface area contributed by atoms with E-state index in [0.29, 0.717) is 37.2 Å². The highest BCUT2D eigenvalue weighted by atomic mass is 16.7. The van der Waals surface area contributed by atoms with Crippen LogP contribution in [0.2, 0.25) is 0 Å². The fraction of sp³-hybridized carbons (Fsp3) is 0.667. The summed E-state index contributed by atoms with van der Waals surface area (Å²) < 4.78 is 10.9. The Morgan fingerprint density at radius 1 is 1.31 bits per heavy atom. The molecule has 4 heteroatoms. The van der Waals surface area contributed by atoms with Crippen LogP contribution in [0.5, 0.6) is 0 Å². The van der Waals surface area contributed by atoms with E-state index < -0.39 is 5.79 Å². The molecule has 0 aliphatic carbocycles. The molecule has 0 spiro atoms. The van der Waals surface area contributed by atoms with Crippen molar-refractivity contribution in [1.82, 2.24) is 0 Å². The van der Waals surface area contributed by atoms with Gasteiger partial charge in [-0.15, -0.1) is 0 Å². The molecule has 0 saturated carbocycles. The topological polar surface area (TPSA) is 52.6 Å². The number of carbonyl (C=O) groups excluding carboxylic acids is 2. The van der Waals surface area contributed by atoms with Crippen LogP contribution in [0.3, 0.4) is 0 Å². The molecule has 16 heavy (non-hydrogen) atoms. The summed E-state index contributed by atoms with van der Waals surface area (Å²) >= 11 is 0. The highest BCUT2D eigenvalue weighted by molar-refractivity contribution is 5.98. The molecule has 0 aromatic rings. The van der Waals surface area contributed by atoms with Crippen molar-refractivity contribution in [2.24, 2.45) is 0 Å².